The number of methoxy groups -OCH3 is 1. The van der Waals surface area contributed by atoms with Crippen molar-refractivity contribution in [3.8, 4) is 17.2 Å². The maximum atomic E-state index is 12.9. The second-order valence-electron chi connectivity index (χ2n) is 7.94. The van der Waals surface area contributed by atoms with Crippen molar-refractivity contribution in [1.29, 1.82) is 0 Å². The Morgan fingerprint density at radius 2 is 2.06 bits per heavy atom. The quantitative estimate of drug-likeness (QED) is 0.531. The topological polar surface area (TPSA) is 80.9 Å². The zero-order chi connectivity index (χ0) is 22.5. The normalized spacial score (nSPS) is 14.6. The highest BCUT2D eigenvalue weighted by Gasteiger charge is 2.18. The van der Waals surface area contributed by atoms with Crippen molar-refractivity contribution < 1.29 is 13.9 Å². The number of rotatable bonds is 8. The minimum absolute atomic E-state index is 0.265. The van der Waals surface area contributed by atoms with Gasteiger partial charge in [0.25, 0.3) is 0 Å². The highest BCUT2D eigenvalue weighted by atomic mass is 16.5. The van der Waals surface area contributed by atoms with Crippen molar-refractivity contribution in [2.75, 3.05) is 58.5 Å². The molecule has 0 spiro atoms. The maximum Gasteiger partial charge on any atom is 0.347 e. The molecule has 1 fully saturated rings. The predicted octanol–water partition coefficient (Wildman–Crippen LogP) is 2.98. The van der Waals surface area contributed by atoms with E-state index in [0.717, 1.165) is 57.2 Å². The molecule has 0 saturated carbocycles. The largest absolute Gasteiger partial charge is 0.497 e. The van der Waals surface area contributed by atoms with Gasteiger partial charge in [-0.15, -0.1) is 0 Å². The molecular weight excluding hydrogens is 408 g/mol. The van der Waals surface area contributed by atoms with E-state index in [1.807, 2.05) is 32.2 Å². The minimum Gasteiger partial charge on any atom is -0.497 e. The van der Waals surface area contributed by atoms with Crippen LogP contribution in [0.3, 0.4) is 0 Å². The minimum atomic E-state index is -0.394. The van der Waals surface area contributed by atoms with Crippen LogP contribution in [0.5, 0.6) is 5.75 Å². The summed E-state index contributed by atoms with van der Waals surface area (Å²) < 4.78 is 16.5. The van der Waals surface area contributed by atoms with Crippen LogP contribution in [0.15, 0.2) is 39.7 Å². The first-order valence-corrected chi connectivity index (χ1v) is 11.1. The summed E-state index contributed by atoms with van der Waals surface area (Å²) in [5, 5.41) is 0.501. The molecule has 1 saturated heterocycles. The van der Waals surface area contributed by atoms with Crippen LogP contribution in [0.1, 0.15) is 18.9 Å². The Morgan fingerprint density at radius 1 is 1.25 bits per heavy atom. The first-order valence-electron chi connectivity index (χ1n) is 11.1. The van der Waals surface area contributed by atoms with Gasteiger partial charge in [-0.3, -0.25) is 4.90 Å². The zero-order valence-electron chi connectivity index (χ0n) is 19.0. The Morgan fingerprint density at radius 3 is 2.81 bits per heavy atom. The van der Waals surface area contributed by atoms with Crippen LogP contribution in [0.2, 0.25) is 0 Å². The van der Waals surface area contributed by atoms with Gasteiger partial charge in [0.15, 0.2) is 0 Å². The van der Waals surface area contributed by atoms with Crippen LogP contribution in [0.25, 0.3) is 22.4 Å². The molecule has 0 amide bonds. The average Bonchev–Trinajstić information content (AvgIpc) is 2.83. The second kappa shape index (κ2) is 10.1. The lowest BCUT2D eigenvalue weighted by atomic mass is 10.1. The van der Waals surface area contributed by atoms with Gasteiger partial charge in [-0.1, -0.05) is 6.92 Å². The van der Waals surface area contributed by atoms with E-state index in [2.05, 4.69) is 19.8 Å². The van der Waals surface area contributed by atoms with E-state index in [-0.39, 0.29) is 5.89 Å². The number of anilines is 1. The number of pyridine rings is 1. The molecule has 0 N–H and O–H groups in total. The lowest BCUT2D eigenvalue weighted by molar-refractivity contribution is 0.0377. The van der Waals surface area contributed by atoms with E-state index in [1.165, 1.54) is 0 Å². The molecule has 1 aromatic carbocycles. The molecule has 8 heteroatoms. The number of morpholine rings is 1. The highest BCUT2D eigenvalue weighted by Crippen LogP contribution is 2.29. The number of ether oxygens (including phenoxy) is 2. The number of aryl methyl sites for hydroxylation is 1. The van der Waals surface area contributed by atoms with Gasteiger partial charge < -0.3 is 18.8 Å². The van der Waals surface area contributed by atoms with E-state index < -0.39 is 5.63 Å². The van der Waals surface area contributed by atoms with Gasteiger partial charge in [-0.25, -0.2) is 14.8 Å². The molecule has 4 rings (SSSR count). The van der Waals surface area contributed by atoms with Gasteiger partial charge in [0.1, 0.15) is 11.6 Å². The molecule has 0 aliphatic carbocycles. The fraction of sp³-hybridized carbons (Fsp3) is 0.458. The second-order valence-corrected chi connectivity index (χ2v) is 7.94. The lowest BCUT2D eigenvalue weighted by Gasteiger charge is -2.27. The first-order chi connectivity index (χ1) is 15.6. The average molecular weight is 439 g/mol. The van der Waals surface area contributed by atoms with Gasteiger partial charge in [0.05, 0.1) is 36.8 Å². The summed E-state index contributed by atoms with van der Waals surface area (Å²) >= 11 is 0. The van der Waals surface area contributed by atoms with Crippen molar-refractivity contribution in [2.24, 2.45) is 0 Å². The number of fused-ring (bicyclic) bond motifs is 1. The van der Waals surface area contributed by atoms with Crippen LogP contribution in [-0.2, 0) is 11.2 Å². The van der Waals surface area contributed by atoms with Crippen LogP contribution in [-0.4, -0.2) is 68.4 Å². The molecule has 2 aromatic heterocycles. The fourth-order valence-corrected chi connectivity index (χ4v) is 4.09. The maximum absolute atomic E-state index is 12.9. The Kier molecular flexibility index (Phi) is 7.02. The van der Waals surface area contributed by atoms with Gasteiger partial charge in [-0.05, 0) is 36.6 Å². The van der Waals surface area contributed by atoms with Gasteiger partial charge in [0, 0.05) is 45.5 Å². The molecule has 8 nitrogen and oxygen atoms in total. The fourth-order valence-electron chi connectivity index (χ4n) is 4.09. The van der Waals surface area contributed by atoms with Crippen molar-refractivity contribution >= 4 is 16.7 Å². The SMILES string of the molecule is CCc1cc(OC)cc2nc(-c3cccnc3N(C)CCCN3CCOCC3)oc(=O)c12. The van der Waals surface area contributed by atoms with E-state index in [1.54, 1.807) is 19.4 Å². The molecule has 1 aliphatic rings. The predicted molar refractivity (Wildman–Crippen MR) is 125 cm³/mol. The first kappa shape index (κ1) is 22.2. The van der Waals surface area contributed by atoms with Crippen LogP contribution in [0.4, 0.5) is 5.82 Å². The van der Waals surface area contributed by atoms with Crippen molar-refractivity contribution in [3.63, 3.8) is 0 Å². The molecule has 0 unspecified atom stereocenters. The molecule has 1 aliphatic heterocycles. The smallest absolute Gasteiger partial charge is 0.347 e. The Balaban J connectivity index is 1.62. The molecule has 170 valence electrons. The molecule has 0 bridgehead atoms. The van der Waals surface area contributed by atoms with Gasteiger partial charge in [-0.2, -0.15) is 0 Å². The van der Waals surface area contributed by atoms with Crippen molar-refractivity contribution in [2.45, 2.75) is 19.8 Å². The zero-order valence-corrected chi connectivity index (χ0v) is 19.0. The lowest BCUT2D eigenvalue weighted by Crippen LogP contribution is -2.38. The van der Waals surface area contributed by atoms with Crippen LogP contribution >= 0.6 is 0 Å². The Hall–Kier alpha value is -2.97. The number of benzene rings is 1. The van der Waals surface area contributed by atoms with Crippen molar-refractivity contribution in [3.05, 3.63) is 46.4 Å². The third-order valence-electron chi connectivity index (χ3n) is 5.86. The summed E-state index contributed by atoms with van der Waals surface area (Å²) in [7, 11) is 3.61. The van der Waals surface area contributed by atoms with Gasteiger partial charge >= 0.3 is 5.63 Å². The molecule has 0 radical (unpaired) electrons. The van der Waals surface area contributed by atoms with Gasteiger partial charge in [0.2, 0.25) is 5.89 Å². The summed E-state index contributed by atoms with van der Waals surface area (Å²) in [6.45, 7) is 7.40. The summed E-state index contributed by atoms with van der Waals surface area (Å²) in [5.74, 6) is 1.68. The molecule has 3 heterocycles. The summed E-state index contributed by atoms with van der Waals surface area (Å²) in [5.41, 5.74) is 1.73. The molecular formula is C24H30N4O4. The van der Waals surface area contributed by atoms with E-state index in [9.17, 15) is 4.79 Å². The number of hydrogen-bond acceptors (Lipinski definition) is 8. The summed E-state index contributed by atoms with van der Waals surface area (Å²) in [6, 6.07) is 7.35. The number of hydrogen-bond donors (Lipinski definition) is 0. The molecule has 0 atom stereocenters. The Bertz CT molecular complexity index is 1120. The standard InChI is InChI=1S/C24H30N4O4/c1-4-17-15-18(30-3)16-20-21(17)24(29)32-23(26-20)19-7-5-8-25-22(19)27(2)9-6-10-28-11-13-31-14-12-28/h5,7-8,15-16H,4,6,9-14H2,1-3H3. The third kappa shape index (κ3) is 4.76. The monoisotopic (exact) mass is 438 g/mol. The number of nitrogens with zero attached hydrogens (tertiary/aromatic N) is 4. The highest BCUT2D eigenvalue weighted by molar-refractivity contribution is 5.84. The van der Waals surface area contributed by atoms with E-state index >= 15 is 0 Å². The van der Waals surface area contributed by atoms with Crippen LogP contribution < -0.4 is 15.3 Å². The number of aromatic nitrogens is 2. The van der Waals surface area contributed by atoms with E-state index in [4.69, 9.17) is 13.9 Å². The summed E-state index contributed by atoms with van der Waals surface area (Å²) in [6.07, 6.45) is 3.43. The molecule has 32 heavy (non-hydrogen) atoms. The third-order valence-corrected chi connectivity index (χ3v) is 5.86. The van der Waals surface area contributed by atoms with E-state index in [0.29, 0.717) is 28.6 Å². The van der Waals surface area contributed by atoms with Crippen LogP contribution in [0, 0.1) is 0 Å². The summed E-state index contributed by atoms with van der Waals surface area (Å²) in [4.78, 5) is 26.6. The molecule has 3 aromatic rings. The van der Waals surface area contributed by atoms with Crippen molar-refractivity contribution in [1.82, 2.24) is 14.9 Å². The Labute approximate surface area is 187 Å².